The van der Waals surface area contributed by atoms with Gasteiger partial charge in [-0.1, -0.05) is 11.6 Å². The Morgan fingerprint density at radius 3 is 2.62 bits per heavy atom. The highest BCUT2D eigenvalue weighted by atomic mass is 35.5. The van der Waals surface area contributed by atoms with Gasteiger partial charge in [0.2, 0.25) is 0 Å². The molecule has 0 atom stereocenters. The van der Waals surface area contributed by atoms with Crippen molar-refractivity contribution in [3.8, 4) is 11.5 Å². The fraction of sp³-hybridized carbons (Fsp3) is 0.389. The molecule has 0 saturated heterocycles. The third kappa shape index (κ3) is 3.22. The largest absolute Gasteiger partial charge is 0.489 e. The molecule has 1 amide bonds. The molecule has 3 rings (SSSR count). The minimum atomic E-state index is -0.162. The summed E-state index contributed by atoms with van der Waals surface area (Å²) in [7, 11) is 0. The number of rotatable bonds is 3. The van der Waals surface area contributed by atoms with Crippen LogP contribution in [0.4, 0.5) is 0 Å². The summed E-state index contributed by atoms with van der Waals surface area (Å²) >= 11 is 6.27. The van der Waals surface area contributed by atoms with Gasteiger partial charge in [-0.05, 0) is 38.5 Å². The van der Waals surface area contributed by atoms with Crippen molar-refractivity contribution < 1.29 is 18.7 Å². The third-order valence-corrected chi connectivity index (χ3v) is 4.38. The zero-order chi connectivity index (χ0) is 17.3. The molecule has 128 valence electrons. The SMILES string of the molecule is Cc1oc(C)c(C(=O)NCc2cc(Cl)c3c(c2)OCCCO3)c1C. The standard InChI is InChI=1S/C18H20ClNO4/c1-10-11(2)24-12(3)16(10)18(21)20-9-13-7-14(19)17-15(8-13)22-5-4-6-23-17/h7-8H,4-6,9H2,1-3H3,(H,20,21). The molecule has 1 aliphatic heterocycles. The lowest BCUT2D eigenvalue weighted by Gasteiger charge is -2.12. The summed E-state index contributed by atoms with van der Waals surface area (Å²) in [5, 5.41) is 3.40. The number of aryl methyl sites for hydroxylation is 2. The molecular formula is C18H20ClNO4. The number of fused-ring (bicyclic) bond motifs is 1. The van der Waals surface area contributed by atoms with Gasteiger partial charge in [0, 0.05) is 18.5 Å². The highest BCUT2D eigenvalue weighted by molar-refractivity contribution is 6.32. The predicted octanol–water partition coefficient (Wildman–Crippen LogP) is 3.95. The van der Waals surface area contributed by atoms with Crippen LogP contribution in [0.2, 0.25) is 5.02 Å². The molecule has 0 saturated carbocycles. The Morgan fingerprint density at radius 2 is 1.92 bits per heavy atom. The van der Waals surface area contributed by atoms with Gasteiger partial charge in [0.1, 0.15) is 11.5 Å². The summed E-state index contributed by atoms with van der Waals surface area (Å²) in [4.78, 5) is 12.4. The first-order chi connectivity index (χ1) is 11.5. The summed E-state index contributed by atoms with van der Waals surface area (Å²) in [5.41, 5.74) is 2.31. The Hall–Kier alpha value is -2.14. The van der Waals surface area contributed by atoms with Gasteiger partial charge in [-0.2, -0.15) is 0 Å². The van der Waals surface area contributed by atoms with Gasteiger partial charge in [0.15, 0.2) is 11.5 Å². The smallest absolute Gasteiger partial charge is 0.255 e. The maximum atomic E-state index is 12.4. The van der Waals surface area contributed by atoms with Crippen molar-refractivity contribution in [1.29, 1.82) is 0 Å². The number of ether oxygens (including phenoxy) is 2. The lowest BCUT2D eigenvalue weighted by Crippen LogP contribution is -2.23. The van der Waals surface area contributed by atoms with Gasteiger partial charge in [0.05, 0.1) is 23.8 Å². The van der Waals surface area contributed by atoms with Crippen LogP contribution in [-0.2, 0) is 6.54 Å². The molecule has 0 unspecified atom stereocenters. The molecule has 0 fully saturated rings. The Labute approximate surface area is 145 Å². The Balaban J connectivity index is 1.76. The van der Waals surface area contributed by atoms with Gasteiger partial charge < -0.3 is 19.2 Å². The molecule has 1 aliphatic rings. The van der Waals surface area contributed by atoms with Crippen LogP contribution in [-0.4, -0.2) is 19.1 Å². The zero-order valence-electron chi connectivity index (χ0n) is 14.0. The molecule has 2 aromatic rings. The predicted molar refractivity (Wildman–Crippen MR) is 91.1 cm³/mol. The molecule has 2 heterocycles. The summed E-state index contributed by atoms with van der Waals surface area (Å²) in [6.07, 6.45) is 0.815. The van der Waals surface area contributed by atoms with Crippen LogP contribution >= 0.6 is 11.6 Å². The van der Waals surface area contributed by atoms with E-state index >= 15 is 0 Å². The molecule has 1 aromatic heterocycles. The minimum absolute atomic E-state index is 0.162. The Kier molecular flexibility index (Phi) is 4.71. The highest BCUT2D eigenvalue weighted by Crippen LogP contribution is 2.38. The van der Waals surface area contributed by atoms with Crippen LogP contribution in [0, 0.1) is 20.8 Å². The quantitative estimate of drug-likeness (QED) is 0.911. The first kappa shape index (κ1) is 16.7. The lowest BCUT2D eigenvalue weighted by atomic mass is 10.1. The molecule has 0 bridgehead atoms. The molecule has 5 nitrogen and oxygen atoms in total. The molecule has 0 aliphatic carbocycles. The number of nitrogens with one attached hydrogen (secondary N) is 1. The molecular weight excluding hydrogens is 330 g/mol. The van der Waals surface area contributed by atoms with Crippen LogP contribution in [0.5, 0.6) is 11.5 Å². The normalized spacial score (nSPS) is 13.5. The molecule has 24 heavy (non-hydrogen) atoms. The van der Waals surface area contributed by atoms with E-state index in [9.17, 15) is 4.79 Å². The monoisotopic (exact) mass is 349 g/mol. The van der Waals surface area contributed by atoms with Gasteiger partial charge in [0.25, 0.3) is 5.91 Å². The van der Waals surface area contributed by atoms with E-state index in [4.69, 9.17) is 25.5 Å². The highest BCUT2D eigenvalue weighted by Gasteiger charge is 2.19. The van der Waals surface area contributed by atoms with Crippen molar-refractivity contribution in [2.24, 2.45) is 0 Å². The van der Waals surface area contributed by atoms with Crippen molar-refractivity contribution >= 4 is 17.5 Å². The number of amides is 1. The number of hydrogen-bond acceptors (Lipinski definition) is 4. The number of furan rings is 1. The summed E-state index contributed by atoms with van der Waals surface area (Å²) in [5.74, 6) is 2.41. The number of carbonyl (C=O) groups is 1. The van der Waals surface area contributed by atoms with Crippen molar-refractivity contribution in [1.82, 2.24) is 5.32 Å². The molecule has 6 heteroatoms. The topological polar surface area (TPSA) is 60.7 Å². The second-order valence-electron chi connectivity index (χ2n) is 5.85. The zero-order valence-corrected chi connectivity index (χ0v) is 14.8. The van der Waals surface area contributed by atoms with Crippen LogP contribution in [0.15, 0.2) is 16.5 Å². The van der Waals surface area contributed by atoms with Crippen molar-refractivity contribution in [3.63, 3.8) is 0 Å². The van der Waals surface area contributed by atoms with Crippen LogP contribution in [0.1, 0.15) is 39.4 Å². The molecule has 1 N–H and O–H groups in total. The second kappa shape index (κ2) is 6.77. The summed E-state index contributed by atoms with van der Waals surface area (Å²) in [6, 6.07) is 3.64. The number of carbonyl (C=O) groups excluding carboxylic acids is 1. The fourth-order valence-electron chi connectivity index (χ4n) is 2.78. The third-order valence-electron chi connectivity index (χ3n) is 4.10. The second-order valence-corrected chi connectivity index (χ2v) is 6.26. The van der Waals surface area contributed by atoms with Crippen LogP contribution < -0.4 is 14.8 Å². The van der Waals surface area contributed by atoms with Crippen molar-refractivity contribution in [3.05, 3.63) is 45.4 Å². The maximum Gasteiger partial charge on any atom is 0.255 e. The van der Waals surface area contributed by atoms with E-state index < -0.39 is 0 Å². The minimum Gasteiger partial charge on any atom is -0.489 e. The van der Waals surface area contributed by atoms with E-state index in [0.29, 0.717) is 47.6 Å². The first-order valence-corrected chi connectivity index (χ1v) is 8.28. The summed E-state index contributed by atoms with van der Waals surface area (Å²) in [6.45, 7) is 7.04. The maximum absolute atomic E-state index is 12.4. The summed E-state index contributed by atoms with van der Waals surface area (Å²) < 4.78 is 16.8. The van der Waals surface area contributed by atoms with Crippen molar-refractivity contribution in [2.75, 3.05) is 13.2 Å². The lowest BCUT2D eigenvalue weighted by molar-refractivity contribution is 0.0949. The van der Waals surface area contributed by atoms with Gasteiger partial charge in [-0.3, -0.25) is 4.79 Å². The molecule has 0 spiro atoms. The van der Waals surface area contributed by atoms with Gasteiger partial charge >= 0.3 is 0 Å². The van der Waals surface area contributed by atoms with E-state index in [0.717, 1.165) is 23.3 Å². The van der Waals surface area contributed by atoms with Crippen LogP contribution in [0.3, 0.4) is 0 Å². The number of halogens is 1. The van der Waals surface area contributed by atoms with Gasteiger partial charge in [-0.15, -0.1) is 0 Å². The Bertz CT molecular complexity index is 782. The van der Waals surface area contributed by atoms with Crippen LogP contribution in [0.25, 0.3) is 0 Å². The van der Waals surface area contributed by atoms with E-state index in [1.807, 2.05) is 19.9 Å². The van der Waals surface area contributed by atoms with Gasteiger partial charge in [-0.25, -0.2) is 0 Å². The van der Waals surface area contributed by atoms with E-state index in [2.05, 4.69) is 5.32 Å². The molecule has 1 aromatic carbocycles. The number of benzene rings is 1. The fourth-order valence-corrected chi connectivity index (χ4v) is 3.07. The Morgan fingerprint density at radius 1 is 1.17 bits per heavy atom. The molecule has 0 radical (unpaired) electrons. The van der Waals surface area contributed by atoms with Crippen molar-refractivity contribution in [2.45, 2.75) is 33.7 Å². The average molecular weight is 350 g/mol. The van der Waals surface area contributed by atoms with E-state index in [-0.39, 0.29) is 5.91 Å². The van der Waals surface area contributed by atoms with E-state index in [1.54, 1.807) is 13.0 Å². The average Bonchev–Trinajstić information content (AvgIpc) is 2.71. The first-order valence-electron chi connectivity index (χ1n) is 7.90. The van der Waals surface area contributed by atoms with E-state index in [1.165, 1.54) is 0 Å². The number of hydrogen-bond donors (Lipinski definition) is 1.